The summed E-state index contributed by atoms with van der Waals surface area (Å²) in [6.45, 7) is 8.38. The summed E-state index contributed by atoms with van der Waals surface area (Å²) >= 11 is 0. The minimum atomic E-state index is -0.970. The number of ether oxygens (including phenoxy) is 2. The smallest absolute Gasteiger partial charge is 0.325 e. The average molecular weight is 387 g/mol. The normalized spacial score (nSPS) is 12.1. The number of aliphatic carboxylic acids is 1. The first-order chi connectivity index (χ1) is 13.1. The second-order valence-corrected chi connectivity index (χ2v) is 7.22. The SMILES string of the molecule is CC(C)C(=O)Oc1cc2ccc(N[C@@H](C)C(=O)O)cc2cc1OC(=O)C(C)C. The maximum Gasteiger partial charge on any atom is 0.325 e. The molecule has 0 aromatic heterocycles. The van der Waals surface area contributed by atoms with Gasteiger partial charge >= 0.3 is 17.9 Å². The molecule has 2 aromatic rings. The van der Waals surface area contributed by atoms with Crippen LogP contribution in [0.5, 0.6) is 11.5 Å². The molecule has 150 valence electrons. The largest absolute Gasteiger partial charge is 0.480 e. The van der Waals surface area contributed by atoms with Gasteiger partial charge in [0.05, 0.1) is 11.8 Å². The monoisotopic (exact) mass is 387 g/mol. The highest BCUT2D eigenvalue weighted by Crippen LogP contribution is 2.35. The molecule has 0 saturated heterocycles. The zero-order valence-corrected chi connectivity index (χ0v) is 16.6. The Balaban J connectivity index is 2.47. The van der Waals surface area contributed by atoms with Crippen LogP contribution in [0.15, 0.2) is 30.3 Å². The molecule has 0 radical (unpaired) electrons. The third-order valence-electron chi connectivity index (χ3n) is 4.02. The van der Waals surface area contributed by atoms with Crippen LogP contribution in [0.1, 0.15) is 34.6 Å². The number of carbonyl (C=O) groups is 3. The van der Waals surface area contributed by atoms with E-state index in [9.17, 15) is 14.4 Å². The van der Waals surface area contributed by atoms with Gasteiger partial charge in [-0.1, -0.05) is 33.8 Å². The van der Waals surface area contributed by atoms with Crippen molar-refractivity contribution in [3.05, 3.63) is 30.3 Å². The van der Waals surface area contributed by atoms with E-state index in [0.29, 0.717) is 11.1 Å². The number of anilines is 1. The van der Waals surface area contributed by atoms with E-state index in [4.69, 9.17) is 14.6 Å². The van der Waals surface area contributed by atoms with E-state index in [2.05, 4.69) is 5.32 Å². The maximum absolute atomic E-state index is 12.1. The van der Waals surface area contributed by atoms with Gasteiger partial charge in [-0.25, -0.2) is 0 Å². The number of hydrogen-bond donors (Lipinski definition) is 2. The molecule has 7 heteroatoms. The summed E-state index contributed by atoms with van der Waals surface area (Å²) in [5.74, 6) is -2.24. The molecule has 2 aromatic carbocycles. The number of carbonyl (C=O) groups excluding carboxylic acids is 2. The van der Waals surface area contributed by atoms with E-state index in [1.54, 1.807) is 58.0 Å². The van der Waals surface area contributed by atoms with Crippen LogP contribution < -0.4 is 14.8 Å². The number of fused-ring (bicyclic) bond motifs is 1. The minimum Gasteiger partial charge on any atom is -0.480 e. The van der Waals surface area contributed by atoms with E-state index in [0.717, 1.165) is 5.39 Å². The van der Waals surface area contributed by atoms with Gasteiger partial charge in [-0.2, -0.15) is 0 Å². The lowest BCUT2D eigenvalue weighted by Crippen LogP contribution is -2.25. The summed E-state index contributed by atoms with van der Waals surface area (Å²) in [5, 5.41) is 13.4. The van der Waals surface area contributed by atoms with Gasteiger partial charge in [-0.3, -0.25) is 14.4 Å². The molecule has 0 amide bonds. The van der Waals surface area contributed by atoms with Crippen LogP contribution in [0.2, 0.25) is 0 Å². The lowest BCUT2D eigenvalue weighted by atomic mass is 10.1. The first kappa shape index (κ1) is 21.2. The molecule has 2 rings (SSSR count). The zero-order chi connectivity index (χ0) is 21.0. The van der Waals surface area contributed by atoms with Gasteiger partial charge in [0.25, 0.3) is 0 Å². The van der Waals surface area contributed by atoms with Crippen LogP contribution in [0, 0.1) is 11.8 Å². The molecule has 0 aliphatic heterocycles. The summed E-state index contributed by atoms with van der Waals surface area (Å²) < 4.78 is 10.8. The third kappa shape index (κ3) is 5.22. The molecular formula is C21H25NO6. The summed E-state index contributed by atoms with van der Waals surface area (Å²) in [6.07, 6.45) is 0. The molecule has 7 nitrogen and oxygen atoms in total. The molecule has 1 atom stereocenters. The molecule has 28 heavy (non-hydrogen) atoms. The van der Waals surface area contributed by atoms with E-state index in [1.807, 2.05) is 0 Å². The lowest BCUT2D eigenvalue weighted by Gasteiger charge is -2.15. The molecule has 0 fully saturated rings. The highest BCUT2D eigenvalue weighted by atomic mass is 16.6. The van der Waals surface area contributed by atoms with Crippen LogP contribution in [0.3, 0.4) is 0 Å². The van der Waals surface area contributed by atoms with Crippen molar-refractivity contribution in [3.63, 3.8) is 0 Å². The number of hydrogen-bond acceptors (Lipinski definition) is 6. The van der Waals surface area contributed by atoms with E-state index < -0.39 is 23.9 Å². The van der Waals surface area contributed by atoms with Crippen molar-refractivity contribution < 1.29 is 29.0 Å². The van der Waals surface area contributed by atoms with Gasteiger partial charge < -0.3 is 19.9 Å². The highest BCUT2D eigenvalue weighted by molar-refractivity contribution is 5.91. The quantitative estimate of drug-likeness (QED) is 0.549. The molecule has 0 unspecified atom stereocenters. The second kappa shape index (κ2) is 8.73. The van der Waals surface area contributed by atoms with E-state index in [-0.39, 0.29) is 23.3 Å². The van der Waals surface area contributed by atoms with Gasteiger partial charge in [-0.15, -0.1) is 0 Å². The van der Waals surface area contributed by atoms with Gasteiger partial charge in [0.1, 0.15) is 6.04 Å². The molecule has 0 heterocycles. The Hall–Kier alpha value is -3.09. The molecule has 0 bridgehead atoms. The summed E-state index contributed by atoms with van der Waals surface area (Å²) in [5.41, 5.74) is 0.607. The molecule has 0 aliphatic rings. The Bertz CT molecular complexity index is 903. The van der Waals surface area contributed by atoms with Crippen LogP contribution in [-0.4, -0.2) is 29.1 Å². The number of rotatable bonds is 7. The fourth-order valence-corrected chi connectivity index (χ4v) is 2.27. The van der Waals surface area contributed by atoms with Gasteiger partial charge in [0.15, 0.2) is 11.5 Å². The van der Waals surface area contributed by atoms with Gasteiger partial charge in [0, 0.05) is 5.69 Å². The Morgan fingerprint density at radius 1 is 0.821 bits per heavy atom. The second-order valence-electron chi connectivity index (χ2n) is 7.22. The van der Waals surface area contributed by atoms with Crippen molar-refractivity contribution in [2.45, 2.75) is 40.7 Å². The van der Waals surface area contributed by atoms with E-state index in [1.165, 1.54) is 6.92 Å². The highest BCUT2D eigenvalue weighted by Gasteiger charge is 2.19. The predicted molar refractivity (Wildman–Crippen MR) is 106 cm³/mol. The molecule has 0 spiro atoms. The fourth-order valence-electron chi connectivity index (χ4n) is 2.27. The topological polar surface area (TPSA) is 102 Å². The zero-order valence-electron chi connectivity index (χ0n) is 16.6. The summed E-state index contributed by atoms with van der Waals surface area (Å²) in [7, 11) is 0. The van der Waals surface area contributed by atoms with E-state index >= 15 is 0 Å². The summed E-state index contributed by atoms with van der Waals surface area (Å²) in [4.78, 5) is 35.1. The van der Waals surface area contributed by atoms with Crippen molar-refractivity contribution >= 4 is 34.4 Å². The third-order valence-corrected chi connectivity index (χ3v) is 4.02. The van der Waals surface area contributed by atoms with Gasteiger partial charge in [-0.05, 0) is 42.0 Å². The Morgan fingerprint density at radius 3 is 1.79 bits per heavy atom. The molecule has 2 N–H and O–H groups in total. The van der Waals surface area contributed by atoms with Gasteiger partial charge in [0.2, 0.25) is 0 Å². The molecule has 0 saturated carbocycles. The Labute approximate surface area is 163 Å². The Kier molecular flexibility index (Phi) is 6.62. The molecule has 0 aliphatic carbocycles. The summed E-state index contributed by atoms with van der Waals surface area (Å²) in [6, 6.07) is 7.72. The van der Waals surface area contributed by atoms with Crippen LogP contribution >= 0.6 is 0 Å². The van der Waals surface area contributed by atoms with Crippen LogP contribution in [0.4, 0.5) is 5.69 Å². The van der Waals surface area contributed by atoms with Crippen LogP contribution in [0.25, 0.3) is 10.8 Å². The van der Waals surface area contributed by atoms with Crippen molar-refractivity contribution in [1.29, 1.82) is 0 Å². The number of esters is 2. The predicted octanol–water partition coefficient (Wildman–Crippen LogP) is 3.85. The number of benzene rings is 2. The fraction of sp³-hybridized carbons (Fsp3) is 0.381. The first-order valence-corrected chi connectivity index (χ1v) is 9.09. The first-order valence-electron chi connectivity index (χ1n) is 9.09. The maximum atomic E-state index is 12.1. The average Bonchev–Trinajstić information content (AvgIpc) is 2.61. The van der Waals surface area contributed by atoms with Crippen molar-refractivity contribution in [2.24, 2.45) is 11.8 Å². The lowest BCUT2D eigenvalue weighted by molar-refractivity contribution is -0.140. The molecular weight excluding hydrogens is 362 g/mol. The van der Waals surface area contributed by atoms with Crippen molar-refractivity contribution in [1.82, 2.24) is 0 Å². The minimum absolute atomic E-state index is 0.142. The number of carboxylic acids is 1. The van der Waals surface area contributed by atoms with Crippen molar-refractivity contribution in [3.8, 4) is 11.5 Å². The number of nitrogens with one attached hydrogen (secondary N) is 1. The van der Waals surface area contributed by atoms with Crippen molar-refractivity contribution in [2.75, 3.05) is 5.32 Å². The van der Waals surface area contributed by atoms with Crippen LogP contribution in [-0.2, 0) is 14.4 Å². The Morgan fingerprint density at radius 2 is 1.32 bits per heavy atom. The standard InChI is InChI=1S/C21H25NO6/c1-11(2)20(25)27-17-9-14-6-7-16(22-13(5)19(23)24)8-15(14)10-18(17)28-21(26)12(3)4/h6-13,22H,1-5H3,(H,23,24)/t13-/m0/s1. The number of carboxylic acid groups (broad SMARTS) is 1.